The second-order valence-electron chi connectivity index (χ2n) is 14.5. The molecule has 0 aliphatic carbocycles. The van der Waals surface area contributed by atoms with Crippen molar-refractivity contribution in [2.45, 2.75) is 13.3 Å². The van der Waals surface area contributed by atoms with Gasteiger partial charge >= 0.3 is 0 Å². The molecule has 270 valence electrons. The minimum absolute atomic E-state index is 0.643. The number of benzene rings is 8. The number of rotatable bonds is 8. The van der Waals surface area contributed by atoms with Gasteiger partial charge in [-0.15, -0.1) is 0 Å². The zero-order chi connectivity index (χ0) is 38.1. The molecule has 0 amide bonds. The Balaban J connectivity index is 1.13. The molecule has 57 heavy (non-hydrogen) atoms. The van der Waals surface area contributed by atoms with Gasteiger partial charge in [-0.2, -0.15) is 0 Å². The summed E-state index contributed by atoms with van der Waals surface area (Å²) in [6.07, 6.45) is 0.798. The van der Waals surface area contributed by atoms with E-state index < -0.39 is 0 Å². The molecule has 10 aromatic rings. The Bertz CT molecular complexity index is 2970. The van der Waals surface area contributed by atoms with E-state index in [0.717, 1.165) is 28.8 Å². The number of aromatic nitrogens is 4. The van der Waals surface area contributed by atoms with Gasteiger partial charge in [0, 0.05) is 33.2 Å². The van der Waals surface area contributed by atoms with Crippen molar-refractivity contribution >= 4 is 21.8 Å². The summed E-state index contributed by atoms with van der Waals surface area (Å²) in [7, 11) is 0. The molecule has 0 aliphatic rings. The molecule has 2 heterocycles. The Labute approximate surface area is 332 Å². The van der Waals surface area contributed by atoms with Crippen molar-refractivity contribution < 1.29 is 0 Å². The normalized spacial score (nSPS) is 11.3. The van der Waals surface area contributed by atoms with Gasteiger partial charge in [-0.05, 0) is 94.8 Å². The fourth-order valence-electron chi connectivity index (χ4n) is 7.97. The molecular formula is C53H38N4. The van der Waals surface area contributed by atoms with Crippen molar-refractivity contribution in [3.8, 4) is 62.1 Å². The van der Waals surface area contributed by atoms with Crippen LogP contribution in [0.4, 0.5) is 0 Å². The van der Waals surface area contributed by atoms with Crippen LogP contribution in [0.1, 0.15) is 16.7 Å². The lowest BCUT2D eigenvalue weighted by Crippen LogP contribution is -2.01. The summed E-state index contributed by atoms with van der Waals surface area (Å²) in [6, 6.07) is 70.8. The quantitative estimate of drug-likeness (QED) is 0.156. The number of hydrogen-bond donors (Lipinski definition) is 0. The van der Waals surface area contributed by atoms with Crippen molar-refractivity contribution in [3.05, 3.63) is 217 Å². The van der Waals surface area contributed by atoms with E-state index in [-0.39, 0.29) is 0 Å². The third-order valence-corrected chi connectivity index (χ3v) is 10.9. The highest BCUT2D eigenvalue weighted by molar-refractivity contribution is 6.10. The second-order valence-corrected chi connectivity index (χ2v) is 14.5. The van der Waals surface area contributed by atoms with Crippen LogP contribution in [0.2, 0.25) is 0 Å². The Kier molecular flexibility index (Phi) is 8.77. The van der Waals surface area contributed by atoms with Crippen molar-refractivity contribution in [3.63, 3.8) is 0 Å². The fraction of sp³-hybridized carbons (Fsp3) is 0.0377. The topological polar surface area (TPSA) is 43.6 Å². The number of nitrogens with zero attached hydrogens (tertiary/aromatic N) is 4. The molecule has 0 radical (unpaired) electrons. The maximum absolute atomic E-state index is 5.09. The molecule has 0 atom stereocenters. The maximum Gasteiger partial charge on any atom is 0.164 e. The first-order valence-corrected chi connectivity index (χ1v) is 19.4. The Morgan fingerprint density at radius 1 is 0.386 bits per heavy atom. The molecule has 8 aromatic carbocycles. The summed E-state index contributed by atoms with van der Waals surface area (Å²) in [5, 5.41) is 2.48. The summed E-state index contributed by atoms with van der Waals surface area (Å²) in [5.74, 6) is 1.94. The smallest absolute Gasteiger partial charge is 0.164 e. The molecule has 0 N–H and O–H groups in total. The van der Waals surface area contributed by atoms with Gasteiger partial charge in [0.15, 0.2) is 17.5 Å². The molecular weight excluding hydrogens is 693 g/mol. The summed E-state index contributed by atoms with van der Waals surface area (Å²) in [5.41, 5.74) is 14.8. The predicted octanol–water partition coefficient (Wildman–Crippen LogP) is 13.2. The van der Waals surface area contributed by atoms with Gasteiger partial charge in [-0.25, -0.2) is 15.0 Å². The molecule has 0 bridgehead atoms. The van der Waals surface area contributed by atoms with E-state index in [1.54, 1.807) is 0 Å². The minimum Gasteiger partial charge on any atom is -0.309 e. The lowest BCUT2D eigenvalue weighted by Gasteiger charge is -2.16. The van der Waals surface area contributed by atoms with Crippen LogP contribution in [0.3, 0.4) is 0 Å². The average Bonchev–Trinajstić information content (AvgIpc) is 3.61. The van der Waals surface area contributed by atoms with E-state index in [4.69, 9.17) is 15.0 Å². The number of hydrogen-bond acceptors (Lipinski definition) is 3. The Morgan fingerprint density at radius 3 is 1.58 bits per heavy atom. The average molecular weight is 731 g/mol. The first-order valence-electron chi connectivity index (χ1n) is 19.4. The third kappa shape index (κ3) is 6.58. The number of para-hydroxylation sites is 2. The van der Waals surface area contributed by atoms with Crippen molar-refractivity contribution in [1.29, 1.82) is 0 Å². The molecule has 10 rings (SSSR count). The monoisotopic (exact) mass is 730 g/mol. The van der Waals surface area contributed by atoms with Crippen LogP contribution in [-0.4, -0.2) is 19.5 Å². The van der Waals surface area contributed by atoms with Crippen LogP contribution in [0.25, 0.3) is 83.9 Å². The van der Waals surface area contributed by atoms with E-state index in [2.05, 4.69) is 151 Å². The summed E-state index contributed by atoms with van der Waals surface area (Å²) >= 11 is 0. The third-order valence-electron chi connectivity index (χ3n) is 10.9. The summed E-state index contributed by atoms with van der Waals surface area (Å²) in [6.45, 7) is 2.21. The van der Waals surface area contributed by atoms with Gasteiger partial charge in [0.1, 0.15) is 0 Å². The lowest BCUT2D eigenvalue weighted by molar-refractivity contribution is 1.07. The lowest BCUT2D eigenvalue weighted by atomic mass is 9.89. The summed E-state index contributed by atoms with van der Waals surface area (Å²) < 4.78 is 2.37. The Hall–Kier alpha value is -7.43. The van der Waals surface area contributed by atoms with Crippen LogP contribution in [0.5, 0.6) is 0 Å². The van der Waals surface area contributed by atoms with Crippen LogP contribution >= 0.6 is 0 Å². The number of aryl methyl sites for hydroxylation is 1. The molecule has 0 saturated carbocycles. The minimum atomic E-state index is 0.643. The van der Waals surface area contributed by atoms with Crippen LogP contribution in [-0.2, 0) is 6.42 Å². The van der Waals surface area contributed by atoms with Crippen LogP contribution in [0, 0.1) is 6.92 Å². The first kappa shape index (κ1) is 34.1. The molecule has 0 fully saturated rings. The van der Waals surface area contributed by atoms with E-state index in [1.807, 2.05) is 60.7 Å². The molecule has 0 spiro atoms. The van der Waals surface area contributed by atoms with Crippen molar-refractivity contribution in [1.82, 2.24) is 19.5 Å². The van der Waals surface area contributed by atoms with Crippen LogP contribution in [0.15, 0.2) is 200 Å². The van der Waals surface area contributed by atoms with Gasteiger partial charge in [-0.1, -0.05) is 158 Å². The predicted molar refractivity (Wildman–Crippen MR) is 235 cm³/mol. The second kappa shape index (κ2) is 14.7. The SMILES string of the molecule is Cc1ccc(-c2ccc3c(c2)c2ccccc2n3-c2ccccc2)cc1-c1cc(-c2nc(-c3ccccc3)nc(-c3ccccc3)n2)ccc1Cc1ccccc1. The zero-order valence-corrected chi connectivity index (χ0v) is 31.5. The molecule has 0 saturated heterocycles. The molecule has 2 aromatic heterocycles. The highest BCUT2D eigenvalue weighted by atomic mass is 15.0. The van der Waals surface area contributed by atoms with Crippen molar-refractivity contribution in [2.75, 3.05) is 0 Å². The molecule has 4 nitrogen and oxygen atoms in total. The fourth-order valence-corrected chi connectivity index (χ4v) is 7.97. The van der Waals surface area contributed by atoms with Gasteiger partial charge in [0.2, 0.25) is 0 Å². The van der Waals surface area contributed by atoms with Crippen molar-refractivity contribution in [2.24, 2.45) is 0 Å². The first-order chi connectivity index (χ1) is 28.2. The van der Waals surface area contributed by atoms with E-state index in [0.29, 0.717) is 17.5 Å². The van der Waals surface area contributed by atoms with Gasteiger partial charge in [-0.3, -0.25) is 0 Å². The standard InChI is InChI=1S/C53H38N4/c1-36-26-27-40(41-30-31-50-48(34-41)45-24-14-15-25-49(45)57(50)44-22-12-5-13-23-44)33-46(36)47-35-43(29-28-42(47)32-37-16-6-2-7-17-37)53-55-51(38-18-8-3-9-19-38)54-52(56-53)39-20-10-4-11-21-39/h2-31,33-35H,32H2,1H3. The summed E-state index contributed by atoms with van der Waals surface area (Å²) in [4.78, 5) is 15.1. The molecule has 4 heteroatoms. The highest BCUT2D eigenvalue weighted by Crippen LogP contribution is 2.38. The highest BCUT2D eigenvalue weighted by Gasteiger charge is 2.18. The van der Waals surface area contributed by atoms with Gasteiger partial charge in [0.25, 0.3) is 0 Å². The van der Waals surface area contributed by atoms with E-state index in [9.17, 15) is 0 Å². The molecule has 0 aliphatic heterocycles. The molecule has 0 unspecified atom stereocenters. The van der Waals surface area contributed by atoms with Gasteiger partial charge in [0.05, 0.1) is 11.0 Å². The zero-order valence-electron chi connectivity index (χ0n) is 31.5. The van der Waals surface area contributed by atoms with E-state index in [1.165, 1.54) is 60.8 Å². The number of fused-ring (bicyclic) bond motifs is 3. The maximum atomic E-state index is 5.09. The van der Waals surface area contributed by atoms with Crippen LogP contribution < -0.4 is 0 Å². The Morgan fingerprint density at radius 2 is 0.895 bits per heavy atom. The van der Waals surface area contributed by atoms with E-state index >= 15 is 0 Å². The van der Waals surface area contributed by atoms with Gasteiger partial charge < -0.3 is 4.57 Å². The largest absolute Gasteiger partial charge is 0.309 e.